The van der Waals surface area contributed by atoms with Crippen molar-refractivity contribution in [1.29, 1.82) is 0 Å². The van der Waals surface area contributed by atoms with Crippen molar-refractivity contribution in [3.8, 4) is 0 Å². The molecule has 1 heterocycles. The second kappa shape index (κ2) is 5.50. The molecule has 0 bridgehead atoms. The number of amides is 1. The van der Waals surface area contributed by atoms with Crippen molar-refractivity contribution in [1.82, 2.24) is 0 Å². The number of ether oxygens (including phenoxy) is 1. The quantitative estimate of drug-likeness (QED) is 0.876. The molecule has 2 N–H and O–H groups in total. The van der Waals surface area contributed by atoms with Crippen LogP contribution in [0, 0.1) is 6.92 Å². The van der Waals surface area contributed by atoms with Gasteiger partial charge >= 0.3 is 0 Å². The van der Waals surface area contributed by atoms with E-state index in [0.29, 0.717) is 13.2 Å². The highest BCUT2D eigenvalue weighted by Gasteiger charge is 2.31. The fourth-order valence-corrected chi connectivity index (χ4v) is 2.42. The van der Waals surface area contributed by atoms with Crippen molar-refractivity contribution in [2.45, 2.75) is 26.4 Å². The molecule has 0 spiro atoms. The average molecular weight is 248 g/mol. The van der Waals surface area contributed by atoms with Gasteiger partial charge in [0.05, 0.1) is 6.61 Å². The van der Waals surface area contributed by atoms with Crippen LogP contribution in [-0.2, 0) is 16.0 Å². The molecule has 2 rings (SSSR count). The Morgan fingerprint density at radius 2 is 2.28 bits per heavy atom. The molecule has 1 aromatic rings. The van der Waals surface area contributed by atoms with Crippen molar-refractivity contribution >= 4 is 11.6 Å². The first-order valence-electron chi connectivity index (χ1n) is 6.40. The zero-order valence-corrected chi connectivity index (χ0v) is 11.0. The molecule has 0 saturated carbocycles. The Balaban J connectivity index is 2.38. The predicted octanol–water partition coefficient (Wildman–Crippen LogP) is 1.25. The number of aryl methyl sites for hydroxylation is 2. The van der Waals surface area contributed by atoms with Crippen LogP contribution in [-0.4, -0.2) is 31.7 Å². The molecule has 1 aromatic carbocycles. The van der Waals surface area contributed by atoms with E-state index in [4.69, 9.17) is 10.5 Å². The van der Waals surface area contributed by atoms with Crippen LogP contribution in [0.25, 0.3) is 0 Å². The van der Waals surface area contributed by atoms with E-state index in [1.54, 1.807) is 0 Å². The second-order valence-electron chi connectivity index (χ2n) is 4.52. The van der Waals surface area contributed by atoms with E-state index in [9.17, 15) is 4.79 Å². The summed E-state index contributed by atoms with van der Waals surface area (Å²) < 4.78 is 5.39. The number of rotatable bonds is 3. The van der Waals surface area contributed by atoms with Gasteiger partial charge in [-0.2, -0.15) is 0 Å². The molecule has 0 aromatic heterocycles. The molecule has 0 aliphatic carbocycles. The molecule has 1 unspecified atom stereocenters. The van der Waals surface area contributed by atoms with Crippen LogP contribution < -0.4 is 10.6 Å². The topological polar surface area (TPSA) is 55.6 Å². The number of nitrogens with two attached hydrogens (primary N) is 1. The molecule has 4 nitrogen and oxygen atoms in total. The smallest absolute Gasteiger partial charge is 0.257 e. The summed E-state index contributed by atoms with van der Waals surface area (Å²) in [5.41, 5.74) is 8.92. The minimum atomic E-state index is -0.497. The molecule has 98 valence electrons. The van der Waals surface area contributed by atoms with E-state index in [-0.39, 0.29) is 12.5 Å². The van der Waals surface area contributed by atoms with Gasteiger partial charge in [0.1, 0.15) is 6.10 Å². The molecule has 1 fully saturated rings. The Labute approximate surface area is 108 Å². The number of carbonyl (C=O) groups is 1. The summed E-state index contributed by atoms with van der Waals surface area (Å²) in [6, 6.07) is 6.14. The molecule has 1 saturated heterocycles. The normalized spacial score (nSPS) is 20.3. The van der Waals surface area contributed by atoms with E-state index in [1.165, 1.54) is 5.56 Å². The van der Waals surface area contributed by atoms with Gasteiger partial charge in [-0.05, 0) is 24.5 Å². The lowest BCUT2D eigenvalue weighted by Crippen LogP contribution is -2.51. The summed E-state index contributed by atoms with van der Waals surface area (Å²) >= 11 is 0. The summed E-state index contributed by atoms with van der Waals surface area (Å²) in [6.45, 7) is 5.53. The summed E-state index contributed by atoms with van der Waals surface area (Å²) in [6.07, 6.45) is 0.414. The number of nitrogens with zero attached hydrogens (tertiary/aromatic N) is 1. The molecular weight excluding hydrogens is 228 g/mol. The van der Waals surface area contributed by atoms with Crippen LogP contribution in [0.3, 0.4) is 0 Å². The van der Waals surface area contributed by atoms with E-state index >= 15 is 0 Å². The van der Waals surface area contributed by atoms with Crippen molar-refractivity contribution in [2.75, 3.05) is 24.6 Å². The van der Waals surface area contributed by atoms with Crippen molar-refractivity contribution in [2.24, 2.45) is 5.73 Å². The highest BCUT2D eigenvalue weighted by Crippen LogP contribution is 2.27. The number of hydrogen-bond donors (Lipinski definition) is 1. The number of benzene rings is 1. The van der Waals surface area contributed by atoms with Gasteiger partial charge in [-0.1, -0.05) is 25.1 Å². The molecule has 1 aliphatic heterocycles. The summed E-state index contributed by atoms with van der Waals surface area (Å²) in [5, 5.41) is 0. The van der Waals surface area contributed by atoms with Gasteiger partial charge in [0.2, 0.25) is 0 Å². The summed E-state index contributed by atoms with van der Waals surface area (Å²) in [5.74, 6) is -0.0206. The Morgan fingerprint density at radius 1 is 1.50 bits per heavy atom. The third-order valence-corrected chi connectivity index (χ3v) is 3.36. The van der Waals surface area contributed by atoms with Crippen molar-refractivity contribution in [3.63, 3.8) is 0 Å². The Hall–Kier alpha value is -1.39. The third kappa shape index (κ3) is 2.26. The largest absolute Gasteiger partial charge is 0.365 e. The number of para-hydroxylation sites is 1. The second-order valence-corrected chi connectivity index (χ2v) is 4.52. The van der Waals surface area contributed by atoms with Gasteiger partial charge in [-0.3, -0.25) is 4.79 Å². The lowest BCUT2D eigenvalue weighted by Gasteiger charge is -2.34. The zero-order valence-electron chi connectivity index (χ0n) is 11.0. The highest BCUT2D eigenvalue weighted by molar-refractivity contribution is 5.98. The molecule has 0 radical (unpaired) electrons. The van der Waals surface area contributed by atoms with Crippen LogP contribution in [0.4, 0.5) is 5.69 Å². The van der Waals surface area contributed by atoms with Gasteiger partial charge in [-0.15, -0.1) is 0 Å². The van der Waals surface area contributed by atoms with Crippen LogP contribution in [0.15, 0.2) is 18.2 Å². The van der Waals surface area contributed by atoms with Gasteiger partial charge in [0.25, 0.3) is 5.91 Å². The lowest BCUT2D eigenvalue weighted by atomic mass is 10.0. The fourth-order valence-electron chi connectivity index (χ4n) is 2.42. The van der Waals surface area contributed by atoms with Crippen molar-refractivity contribution in [3.05, 3.63) is 29.3 Å². The highest BCUT2D eigenvalue weighted by atomic mass is 16.5. The average Bonchev–Trinajstić information content (AvgIpc) is 2.39. The monoisotopic (exact) mass is 248 g/mol. The van der Waals surface area contributed by atoms with E-state index < -0.39 is 6.10 Å². The minimum absolute atomic E-state index is 0.0206. The van der Waals surface area contributed by atoms with Crippen LogP contribution in [0.5, 0.6) is 0 Å². The molecule has 1 amide bonds. The number of hydrogen-bond acceptors (Lipinski definition) is 3. The lowest BCUT2D eigenvalue weighted by molar-refractivity contribution is -0.133. The van der Waals surface area contributed by atoms with Crippen LogP contribution in [0.2, 0.25) is 0 Å². The first-order valence-corrected chi connectivity index (χ1v) is 6.40. The number of carbonyl (C=O) groups excluding carboxylic acids is 1. The van der Waals surface area contributed by atoms with E-state index in [2.05, 4.69) is 13.0 Å². The van der Waals surface area contributed by atoms with Gasteiger partial charge in [-0.25, -0.2) is 0 Å². The number of anilines is 1. The van der Waals surface area contributed by atoms with E-state index in [0.717, 1.165) is 17.7 Å². The van der Waals surface area contributed by atoms with E-state index in [1.807, 2.05) is 24.0 Å². The van der Waals surface area contributed by atoms with Gasteiger partial charge < -0.3 is 15.4 Å². The van der Waals surface area contributed by atoms with Crippen LogP contribution in [0.1, 0.15) is 18.1 Å². The molecule has 4 heteroatoms. The minimum Gasteiger partial charge on any atom is -0.365 e. The third-order valence-electron chi connectivity index (χ3n) is 3.36. The molecular formula is C14H20N2O2. The molecule has 1 atom stereocenters. The Kier molecular flexibility index (Phi) is 3.99. The summed E-state index contributed by atoms with van der Waals surface area (Å²) in [4.78, 5) is 14.1. The Bertz CT molecular complexity index is 445. The predicted molar refractivity (Wildman–Crippen MR) is 71.7 cm³/mol. The maximum Gasteiger partial charge on any atom is 0.257 e. The first kappa shape index (κ1) is 13.1. The zero-order chi connectivity index (χ0) is 13.1. The van der Waals surface area contributed by atoms with Gasteiger partial charge in [0, 0.05) is 18.8 Å². The van der Waals surface area contributed by atoms with Crippen LogP contribution >= 0.6 is 0 Å². The van der Waals surface area contributed by atoms with Crippen molar-refractivity contribution < 1.29 is 9.53 Å². The maximum atomic E-state index is 12.3. The number of morpholine rings is 1. The van der Waals surface area contributed by atoms with Gasteiger partial charge in [0.15, 0.2) is 0 Å². The summed E-state index contributed by atoms with van der Waals surface area (Å²) in [7, 11) is 0. The SMILES string of the molecule is CCc1cccc(C)c1N1CCOC(CN)C1=O. The molecule has 1 aliphatic rings. The maximum absolute atomic E-state index is 12.3. The Morgan fingerprint density at radius 3 is 2.94 bits per heavy atom. The standard InChI is InChI=1S/C14H20N2O2/c1-3-11-6-4-5-10(2)13(11)16-7-8-18-12(9-15)14(16)17/h4-6,12H,3,7-9,15H2,1-2H3. The first-order chi connectivity index (χ1) is 8.69. The molecule has 18 heavy (non-hydrogen) atoms. The fraction of sp³-hybridized carbons (Fsp3) is 0.500.